The average Bonchev–Trinajstić information content (AvgIpc) is 2.99. The van der Waals surface area contributed by atoms with Crippen LogP contribution in [0.4, 0.5) is 0 Å². The topological polar surface area (TPSA) is 56.2 Å². The summed E-state index contributed by atoms with van der Waals surface area (Å²) in [5.74, 6) is 1.45. The number of carbonyl (C=O) groups excluding carboxylic acids is 1. The fraction of sp³-hybridized carbons (Fsp3) is 0.536. The molecule has 1 unspecified atom stereocenters. The van der Waals surface area contributed by atoms with Gasteiger partial charge >= 0.3 is 0 Å². The van der Waals surface area contributed by atoms with Gasteiger partial charge in [0.25, 0.3) is 5.91 Å². The molecule has 0 bridgehead atoms. The molecule has 182 valence electrons. The molecule has 2 aromatic rings. The van der Waals surface area contributed by atoms with E-state index in [0.717, 1.165) is 45.1 Å². The molecular formula is C28H37N3O3. The number of benzene rings is 2. The molecular weight excluding hydrogens is 426 g/mol. The maximum absolute atomic E-state index is 13.3. The Kier molecular flexibility index (Phi) is 7.18. The molecule has 1 atom stereocenters. The van der Waals surface area contributed by atoms with Crippen LogP contribution in [-0.2, 0) is 19.5 Å². The van der Waals surface area contributed by atoms with Crippen LogP contribution in [0.15, 0.2) is 42.5 Å². The van der Waals surface area contributed by atoms with Gasteiger partial charge in [-0.2, -0.15) is 0 Å². The highest BCUT2D eigenvalue weighted by Crippen LogP contribution is 2.27. The lowest BCUT2D eigenvalue weighted by molar-refractivity contribution is 0.0501. The molecule has 1 amide bonds. The highest BCUT2D eigenvalue weighted by molar-refractivity contribution is 5.97. The van der Waals surface area contributed by atoms with Crippen molar-refractivity contribution in [1.82, 2.24) is 14.7 Å². The highest BCUT2D eigenvalue weighted by Gasteiger charge is 2.27. The molecule has 6 nitrogen and oxygen atoms in total. The zero-order valence-corrected chi connectivity index (χ0v) is 20.3. The quantitative estimate of drug-likeness (QED) is 0.713. The summed E-state index contributed by atoms with van der Waals surface area (Å²) in [7, 11) is 0. The van der Waals surface area contributed by atoms with Crippen LogP contribution in [0.5, 0.6) is 5.75 Å². The van der Waals surface area contributed by atoms with Crippen molar-refractivity contribution in [3.05, 3.63) is 64.7 Å². The molecule has 2 aromatic carbocycles. The Morgan fingerprint density at radius 3 is 2.62 bits per heavy atom. The molecule has 3 aliphatic rings. The second kappa shape index (κ2) is 10.5. The van der Waals surface area contributed by atoms with Crippen molar-refractivity contribution >= 4 is 5.91 Å². The van der Waals surface area contributed by atoms with Crippen molar-refractivity contribution in [3.8, 4) is 5.75 Å². The standard InChI is InChI=1S/C28H37N3O3/c1-21-8-11-29(12-9-21)17-22-6-7-26-27(16-22)34-15-14-31(28(26)33)20-25(32)19-30-13-10-23-4-2-3-5-24(23)18-30/h2-7,16,21,25,32H,8-15,17-20H2,1H3. The fourth-order valence-corrected chi connectivity index (χ4v) is 5.47. The van der Waals surface area contributed by atoms with E-state index in [1.807, 2.05) is 12.1 Å². The van der Waals surface area contributed by atoms with Crippen LogP contribution in [-0.4, -0.2) is 77.7 Å². The predicted molar refractivity (Wildman–Crippen MR) is 133 cm³/mol. The summed E-state index contributed by atoms with van der Waals surface area (Å²) in [6, 6.07) is 14.5. The smallest absolute Gasteiger partial charge is 0.257 e. The Bertz CT molecular complexity index is 1000. The number of piperidine rings is 1. The van der Waals surface area contributed by atoms with Crippen LogP contribution in [0.3, 0.4) is 0 Å². The van der Waals surface area contributed by atoms with Gasteiger partial charge < -0.3 is 14.7 Å². The monoisotopic (exact) mass is 463 g/mol. The van der Waals surface area contributed by atoms with Crippen LogP contribution in [0.2, 0.25) is 0 Å². The third-order valence-electron chi connectivity index (χ3n) is 7.57. The Morgan fingerprint density at radius 1 is 1.00 bits per heavy atom. The summed E-state index contributed by atoms with van der Waals surface area (Å²) >= 11 is 0. The maximum atomic E-state index is 13.3. The summed E-state index contributed by atoms with van der Waals surface area (Å²) in [6.45, 7) is 9.12. The Morgan fingerprint density at radius 2 is 1.79 bits per heavy atom. The first-order chi connectivity index (χ1) is 16.5. The minimum atomic E-state index is -0.587. The number of aliphatic hydroxyl groups is 1. The van der Waals surface area contributed by atoms with Gasteiger partial charge in [-0.25, -0.2) is 0 Å². The molecule has 3 aliphatic heterocycles. The van der Waals surface area contributed by atoms with E-state index >= 15 is 0 Å². The highest BCUT2D eigenvalue weighted by atomic mass is 16.5. The number of aliphatic hydroxyl groups excluding tert-OH is 1. The van der Waals surface area contributed by atoms with Gasteiger partial charge in [-0.05, 0) is 67.1 Å². The number of likely N-dealkylation sites (tertiary alicyclic amines) is 1. The van der Waals surface area contributed by atoms with E-state index in [1.54, 1.807) is 4.90 Å². The lowest BCUT2D eigenvalue weighted by atomic mass is 9.98. The minimum absolute atomic E-state index is 0.0473. The number of hydrogen-bond donors (Lipinski definition) is 1. The van der Waals surface area contributed by atoms with Gasteiger partial charge in [0.15, 0.2) is 0 Å². The molecule has 1 N–H and O–H groups in total. The zero-order chi connectivity index (χ0) is 23.5. The molecule has 0 spiro atoms. The molecule has 6 heteroatoms. The first-order valence-corrected chi connectivity index (χ1v) is 12.8. The third kappa shape index (κ3) is 5.45. The molecule has 34 heavy (non-hydrogen) atoms. The fourth-order valence-electron chi connectivity index (χ4n) is 5.47. The molecule has 1 saturated heterocycles. The third-order valence-corrected chi connectivity index (χ3v) is 7.57. The minimum Gasteiger partial charge on any atom is -0.491 e. The molecule has 5 rings (SSSR count). The number of nitrogens with zero attached hydrogens (tertiary/aromatic N) is 3. The first kappa shape index (κ1) is 23.3. The SMILES string of the molecule is CC1CCN(Cc2ccc3c(c2)OCCN(CC(O)CN2CCc4ccccc4C2)C3=O)CC1. The van der Waals surface area contributed by atoms with E-state index in [0.29, 0.717) is 37.6 Å². The normalized spacial score (nSPS) is 20.9. The van der Waals surface area contributed by atoms with E-state index in [4.69, 9.17) is 4.74 Å². The second-order valence-electron chi connectivity index (χ2n) is 10.3. The van der Waals surface area contributed by atoms with Crippen LogP contribution >= 0.6 is 0 Å². The van der Waals surface area contributed by atoms with Crippen LogP contribution in [0, 0.1) is 5.92 Å². The Hall–Kier alpha value is -2.41. The summed E-state index contributed by atoms with van der Waals surface area (Å²) in [5, 5.41) is 10.8. The van der Waals surface area contributed by atoms with E-state index in [1.165, 1.54) is 29.5 Å². The van der Waals surface area contributed by atoms with Gasteiger partial charge in [-0.1, -0.05) is 37.3 Å². The van der Waals surface area contributed by atoms with E-state index in [-0.39, 0.29) is 5.91 Å². The van der Waals surface area contributed by atoms with E-state index in [2.05, 4.69) is 47.1 Å². The van der Waals surface area contributed by atoms with E-state index < -0.39 is 6.10 Å². The number of rotatable bonds is 6. The van der Waals surface area contributed by atoms with Crippen molar-refractivity contribution in [2.75, 3.05) is 45.9 Å². The Labute approximate surface area is 203 Å². The number of hydrogen-bond acceptors (Lipinski definition) is 5. The van der Waals surface area contributed by atoms with Crippen molar-refractivity contribution < 1.29 is 14.6 Å². The summed E-state index contributed by atoms with van der Waals surface area (Å²) in [4.78, 5) is 19.8. The van der Waals surface area contributed by atoms with E-state index in [9.17, 15) is 9.90 Å². The van der Waals surface area contributed by atoms with Crippen LogP contribution < -0.4 is 4.74 Å². The molecule has 0 saturated carbocycles. The van der Waals surface area contributed by atoms with Crippen molar-refractivity contribution in [3.63, 3.8) is 0 Å². The second-order valence-corrected chi connectivity index (χ2v) is 10.3. The van der Waals surface area contributed by atoms with Gasteiger partial charge in [-0.15, -0.1) is 0 Å². The predicted octanol–water partition coefficient (Wildman–Crippen LogP) is 3.17. The molecule has 1 fully saturated rings. The van der Waals surface area contributed by atoms with Gasteiger partial charge in [0, 0.05) is 32.7 Å². The first-order valence-electron chi connectivity index (χ1n) is 12.8. The van der Waals surface area contributed by atoms with Gasteiger partial charge in [-0.3, -0.25) is 14.6 Å². The zero-order valence-electron chi connectivity index (χ0n) is 20.3. The lowest BCUT2D eigenvalue weighted by Crippen LogP contribution is -2.44. The number of β-amino-alcohol motifs (C(OH)–C–C–N with tert-alkyl or cyclic N) is 1. The van der Waals surface area contributed by atoms with Crippen molar-refractivity contribution in [2.24, 2.45) is 5.92 Å². The van der Waals surface area contributed by atoms with Gasteiger partial charge in [0.05, 0.1) is 18.2 Å². The largest absolute Gasteiger partial charge is 0.491 e. The van der Waals surface area contributed by atoms with Gasteiger partial charge in [0.2, 0.25) is 0 Å². The molecule has 3 heterocycles. The number of fused-ring (bicyclic) bond motifs is 2. The maximum Gasteiger partial charge on any atom is 0.257 e. The molecule has 0 radical (unpaired) electrons. The summed E-state index contributed by atoms with van der Waals surface area (Å²) < 4.78 is 5.99. The summed E-state index contributed by atoms with van der Waals surface area (Å²) in [6.07, 6.45) is 2.92. The molecule has 0 aromatic heterocycles. The lowest BCUT2D eigenvalue weighted by Gasteiger charge is -2.32. The molecule has 0 aliphatic carbocycles. The number of carbonyl (C=O) groups is 1. The average molecular weight is 464 g/mol. The Balaban J connectivity index is 1.18. The van der Waals surface area contributed by atoms with Crippen molar-refractivity contribution in [1.29, 1.82) is 0 Å². The van der Waals surface area contributed by atoms with Crippen LogP contribution in [0.1, 0.15) is 46.8 Å². The number of ether oxygens (including phenoxy) is 1. The van der Waals surface area contributed by atoms with Crippen LogP contribution in [0.25, 0.3) is 0 Å². The van der Waals surface area contributed by atoms with Crippen molar-refractivity contribution in [2.45, 2.75) is 45.4 Å². The summed E-state index contributed by atoms with van der Waals surface area (Å²) in [5.41, 5.74) is 4.54. The van der Waals surface area contributed by atoms with Gasteiger partial charge in [0.1, 0.15) is 12.4 Å². The number of amides is 1.